The molecule has 0 fully saturated rings. The van der Waals surface area contributed by atoms with Crippen molar-refractivity contribution in [3.05, 3.63) is 88.0 Å². The molecule has 2 N–H and O–H groups in total. The second-order valence-corrected chi connectivity index (χ2v) is 28.9. The fraction of sp³-hybridized carbons (Fsp3) is 0.400. The lowest BCUT2D eigenvalue weighted by molar-refractivity contribution is -0.132. The van der Waals surface area contributed by atoms with Gasteiger partial charge in [0.1, 0.15) is 17.2 Å². The van der Waals surface area contributed by atoms with Gasteiger partial charge in [-0.2, -0.15) is 0 Å². The van der Waals surface area contributed by atoms with Crippen LogP contribution in [0, 0.1) is 20.8 Å². The third-order valence-corrected chi connectivity index (χ3v) is 10.9. The number of hydrogen-bond acceptors (Lipinski definition) is 12. The number of aliphatic hydroxyl groups excluding tert-OH is 1. The topological polar surface area (TPSA) is 197 Å². The van der Waals surface area contributed by atoms with Crippen molar-refractivity contribution in [2.45, 2.75) is 92.9 Å². The predicted molar refractivity (Wildman–Crippen MR) is 238 cm³/mol. The fourth-order valence-electron chi connectivity index (χ4n) is 4.17. The van der Waals surface area contributed by atoms with Crippen LogP contribution in [-0.4, -0.2) is 78.9 Å². The van der Waals surface area contributed by atoms with Crippen LogP contribution in [0.4, 0.5) is 0 Å². The Balaban J connectivity index is 0. The number of hydrogen-bond donors (Lipinski definition) is 2. The first-order valence-corrected chi connectivity index (χ1v) is 28.4. The van der Waals surface area contributed by atoms with Crippen LogP contribution in [-0.2, 0) is 28.3 Å². The van der Waals surface area contributed by atoms with Gasteiger partial charge in [0.15, 0.2) is 0 Å². The number of carbonyl (C=O) groups excluding carboxylic acids is 5. The van der Waals surface area contributed by atoms with Gasteiger partial charge in [-0.15, -0.1) is 0 Å². The Hall–Kier alpha value is -3.91. The molecular weight excluding hydrogens is 883 g/mol. The van der Waals surface area contributed by atoms with Crippen LogP contribution in [0.15, 0.2) is 54.6 Å². The summed E-state index contributed by atoms with van der Waals surface area (Å²) in [5, 5.41) is 16.7. The molecule has 0 atom stereocenters. The van der Waals surface area contributed by atoms with Gasteiger partial charge in [0.05, 0.1) is 17.7 Å². The van der Waals surface area contributed by atoms with E-state index in [1.54, 1.807) is 63.2 Å². The average molecular weight is 938 g/mol. The zero-order chi connectivity index (χ0) is 46.3. The molecule has 13 nitrogen and oxygen atoms in total. The van der Waals surface area contributed by atoms with E-state index in [-0.39, 0.29) is 17.3 Å². The minimum absolute atomic E-state index is 0.142. The third kappa shape index (κ3) is 27.5. The maximum absolute atomic E-state index is 12.0. The number of halogens is 3. The first-order chi connectivity index (χ1) is 27.0. The van der Waals surface area contributed by atoms with Crippen molar-refractivity contribution in [2.75, 3.05) is 13.2 Å². The molecule has 0 aromatic heterocycles. The van der Waals surface area contributed by atoms with E-state index in [0.717, 1.165) is 12.1 Å². The Morgan fingerprint density at radius 2 is 0.932 bits per heavy atom. The van der Waals surface area contributed by atoms with Crippen LogP contribution in [0.1, 0.15) is 68.5 Å². The zero-order valence-corrected chi connectivity index (χ0v) is 40.5. The van der Waals surface area contributed by atoms with Crippen LogP contribution in [0.5, 0.6) is 17.2 Å². The second-order valence-electron chi connectivity index (χ2n) is 14.8. The number of carboxylic acid groups (broad SMARTS) is 1. The molecular formula is C40H55Cl3O13SSi2. The molecule has 0 saturated heterocycles. The van der Waals surface area contributed by atoms with Gasteiger partial charge in [-0.05, 0) is 80.9 Å². The van der Waals surface area contributed by atoms with E-state index in [2.05, 4.69) is 60.6 Å². The molecule has 3 rings (SSSR count). The molecule has 3 aromatic carbocycles. The van der Waals surface area contributed by atoms with Crippen molar-refractivity contribution < 1.29 is 62.1 Å². The summed E-state index contributed by atoms with van der Waals surface area (Å²) in [6.07, 6.45) is 0. The van der Waals surface area contributed by atoms with Gasteiger partial charge in [0.2, 0.25) is 9.23 Å². The molecule has 0 aliphatic carbocycles. The number of ether oxygens (including phenoxy) is 4. The van der Waals surface area contributed by atoms with Gasteiger partial charge in [-0.3, -0.25) is 19.2 Å². The van der Waals surface area contributed by atoms with E-state index in [4.69, 9.17) is 45.0 Å². The van der Waals surface area contributed by atoms with Crippen molar-refractivity contribution in [1.29, 1.82) is 0 Å². The summed E-state index contributed by atoms with van der Waals surface area (Å²) in [6, 6.07) is 16.4. The Morgan fingerprint density at radius 1 is 0.610 bits per heavy atom. The Kier molecular flexibility index (Phi) is 27.7. The highest BCUT2D eigenvalue weighted by molar-refractivity contribution is 8.26. The quantitative estimate of drug-likeness (QED) is 0.0799. The van der Waals surface area contributed by atoms with Gasteiger partial charge < -0.3 is 29.2 Å². The number of aromatic carboxylic acids is 1. The Bertz CT molecular complexity index is 1830. The van der Waals surface area contributed by atoms with Crippen LogP contribution in [0.3, 0.4) is 0 Å². The molecule has 0 amide bonds. The third-order valence-electron chi connectivity index (χ3n) is 7.22. The van der Waals surface area contributed by atoms with Crippen LogP contribution < -0.4 is 14.2 Å². The van der Waals surface area contributed by atoms with Gasteiger partial charge in [0.25, 0.3) is 5.24 Å². The molecule has 3 aromatic rings. The molecule has 0 saturated carbocycles. The van der Waals surface area contributed by atoms with Crippen molar-refractivity contribution in [1.82, 2.24) is 0 Å². The average Bonchev–Trinajstić information content (AvgIpc) is 3.06. The highest BCUT2D eigenvalue weighted by atomic mass is 36.0. The van der Waals surface area contributed by atoms with Gasteiger partial charge in [-0.25, -0.2) is 13.8 Å². The van der Waals surface area contributed by atoms with Gasteiger partial charge >= 0.3 is 29.8 Å². The molecule has 328 valence electrons. The van der Waals surface area contributed by atoms with E-state index in [9.17, 15) is 28.8 Å². The van der Waals surface area contributed by atoms with E-state index in [1.807, 2.05) is 0 Å². The lowest BCUT2D eigenvalue weighted by Gasteiger charge is -2.16. The minimum Gasteiger partial charge on any atom is -0.478 e. The molecule has 0 aliphatic rings. The van der Waals surface area contributed by atoms with Crippen LogP contribution in [0.25, 0.3) is 0 Å². The maximum atomic E-state index is 12.0. The molecule has 19 heteroatoms. The summed E-state index contributed by atoms with van der Waals surface area (Å²) in [6.45, 7) is 23.2. The Morgan fingerprint density at radius 3 is 1.22 bits per heavy atom. The van der Waals surface area contributed by atoms with Crippen molar-refractivity contribution in [3.8, 4) is 17.2 Å². The number of esters is 4. The molecule has 59 heavy (non-hydrogen) atoms. The first kappa shape index (κ1) is 57.2. The fourth-order valence-corrected chi connectivity index (χ4v) is 5.76. The summed E-state index contributed by atoms with van der Waals surface area (Å²) in [7, 11) is 5.23. The number of rotatable bonds is 11. The monoisotopic (exact) mass is 936 g/mol. The molecule has 0 radical (unpaired) electrons. The summed E-state index contributed by atoms with van der Waals surface area (Å²) >= 11 is 5.34. The highest BCUT2D eigenvalue weighted by Gasteiger charge is 2.18. The van der Waals surface area contributed by atoms with E-state index in [1.165, 1.54) is 32.9 Å². The smallest absolute Gasteiger partial charge is 0.338 e. The molecule has 0 bridgehead atoms. The van der Waals surface area contributed by atoms with E-state index in [0.29, 0.717) is 52.5 Å². The van der Waals surface area contributed by atoms with E-state index >= 15 is 0 Å². The van der Waals surface area contributed by atoms with Crippen molar-refractivity contribution in [2.24, 2.45) is 0 Å². The summed E-state index contributed by atoms with van der Waals surface area (Å²) < 4.78 is 29.2. The Labute approximate surface area is 365 Å². The molecule has 0 spiro atoms. The molecule has 0 aliphatic heterocycles. The van der Waals surface area contributed by atoms with Crippen molar-refractivity contribution >= 4 is 93.4 Å². The normalized spacial score (nSPS) is 10.3. The molecule has 0 heterocycles. The lowest BCUT2D eigenvalue weighted by atomic mass is 10.1. The van der Waals surface area contributed by atoms with Crippen molar-refractivity contribution in [3.63, 3.8) is 0 Å². The minimum atomic E-state index is -1.67. The summed E-state index contributed by atoms with van der Waals surface area (Å²) in [4.78, 5) is 66.1. The molecule has 0 unspecified atom stereocenters. The first-order valence-electron chi connectivity index (χ1n) is 17.8. The summed E-state index contributed by atoms with van der Waals surface area (Å²) in [5.74, 6) is -1.63. The number of carbonyl (C=O) groups is 6. The number of aliphatic hydroxyl groups is 1. The number of benzene rings is 3. The standard InChI is InChI=1S/C15H22O4Si.C10H9ClO3.C10H10O4.C5H14OSi.Cl2OS/c1-11-13(7-6-8-14(11)19-12(2)16)15(17)18-9-10-20(3,4)5;1-6-8(10(11)13)4-3-5-9(6)14-7(2)12;1-6-8(10(12)13)4-3-5-9(6)14-7(2)11;1-7(2,3)5-4-6;1-4(2)3/h6-8H,9-10H2,1-5H3;3-5H,1-2H3;3-5H,1-2H3,(H,12,13);6H,4-5H2,1-3H3;. The highest BCUT2D eigenvalue weighted by Crippen LogP contribution is 2.24. The van der Waals surface area contributed by atoms with E-state index < -0.39 is 54.5 Å². The predicted octanol–water partition coefficient (Wildman–Crippen LogP) is 9.69. The van der Waals surface area contributed by atoms with Crippen LogP contribution in [0.2, 0.25) is 51.4 Å². The lowest BCUT2D eigenvalue weighted by Crippen LogP contribution is -2.23. The largest absolute Gasteiger partial charge is 0.478 e. The van der Waals surface area contributed by atoms with Crippen LogP contribution >= 0.6 is 33.0 Å². The maximum Gasteiger partial charge on any atom is 0.338 e. The van der Waals surface area contributed by atoms with Gasteiger partial charge in [-0.1, -0.05) is 57.5 Å². The second kappa shape index (κ2) is 28.5. The summed E-state index contributed by atoms with van der Waals surface area (Å²) in [5.41, 5.74) is 2.59. The SMILES string of the molecule is CC(=O)Oc1cccc(C(=O)Cl)c1C.CC(=O)Oc1cccc(C(=O)O)c1C.CC(=O)Oc1cccc(C(=O)OCC[Si](C)(C)C)c1C.C[Si](C)(C)CCO.O=S(Cl)Cl. The van der Waals surface area contributed by atoms with Gasteiger partial charge in [0, 0.05) is 87.1 Å². The zero-order valence-electron chi connectivity index (χ0n) is 35.5. The number of carboxylic acids is 1.